The van der Waals surface area contributed by atoms with Gasteiger partial charge in [0.15, 0.2) is 11.5 Å². The zero-order valence-corrected chi connectivity index (χ0v) is 15.8. The molecule has 1 spiro atoms. The van der Waals surface area contributed by atoms with Gasteiger partial charge in [0.25, 0.3) is 0 Å². The van der Waals surface area contributed by atoms with Crippen LogP contribution in [-0.2, 0) is 11.8 Å². The molecule has 26 heavy (non-hydrogen) atoms. The normalized spacial score (nSPS) is 38.0. The molecule has 4 atom stereocenters. The summed E-state index contributed by atoms with van der Waals surface area (Å²) in [6.07, 6.45) is 4.85. The number of fused-ring (bicyclic) bond motifs is 1. The van der Waals surface area contributed by atoms with Crippen molar-refractivity contribution >= 4 is 0 Å². The number of hydrogen-bond donors (Lipinski definition) is 2. The van der Waals surface area contributed by atoms with E-state index in [9.17, 15) is 10.2 Å². The maximum atomic E-state index is 11.9. The van der Waals surface area contributed by atoms with Crippen molar-refractivity contribution < 1.29 is 14.9 Å². The Labute approximate surface area is 155 Å². The molecule has 2 bridgehead atoms. The second kappa shape index (κ2) is 5.26. The number of hydrogen-bond acceptors (Lipinski definition) is 4. The predicted octanol–water partition coefficient (Wildman–Crippen LogP) is 3.15. The van der Waals surface area contributed by atoms with Crippen LogP contribution in [0.25, 0.3) is 0 Å². The highest BCUT2D eigenvalue weighted by Gasteiger charge is 2.68. The highest BCUT2D eigenvalue weighted by Crippen LogP contribution is 2.63. The number of aromatic hydroxyl groups is 1. The van der Waals surface area contributed by atoms with Gasteiger partial charge in [-0.2, -0.15) is 0 Å². The van der Waals surface area contributed by atoms with Crippen molar-refractivity contribution in [3.8, 4) is 11.5 Å². The van der Waals surface area contributed by atoms with Crippen LogP contribution in [0.1, 0.15) is 50.7 Å². The van der Waals surface area contributed by atoms with Crippen molar-refractivity contribution in [2.24, 2.45) is 5.92 Å². The molecule has 2 aliphatic heterocycles. The van der Waals surface area contributed by atoms with Gasteiger partial charge >= 0.3 is 0 Å². The van der Waals surface area contributed by atoms with Gasteiger partial charge in [-0.25, -0.2) is 0 Å². The largest absolute Gasteiger partial charge is 0.504 e. The minimum Gasteiger partial charge on any atom is -0.504 e. The molecule has 0 radical (unpaired) electrons. The first-order valence-electron chi connectivity index (χ1n) is 10.1. The van der Waals surface area contributed by atoms with Gasteiger partial charge in [-0.1, -0.05) is 19.6 Å². The quantitative estimate of drug-likeness (QED) is 0.815. The molecule has 4 nitrogen and oxygen atoms in total. The van der Waals surface area contributed by atoms with Crippen LogP contribution in [0.5, 0.6) is 11.5 Å². The number of rotatable bonds is 4. The average Bonchev–Trinajstić information content (AvgIpc) is 3.34. The van der Waals surface area contributed by atoms with E-state index in [2.05, 4.69) is 18.4 Å². The third-order valence-electron chi connectivity index (χ3n) is 7.57. The summed E-state index contributed by atoms with van der Waals surface area (Å²) in [4.78, 5) is 2.52. The number of aliphatic hydroxyl groups is 1. The zero-order valence-electron chi connectivity index (χ0n) is 15.8. The third-order valence-corrected chi connectivity index (χ3v) is 7.57. The van der Waals surface area contributed by atoms with E-state index in [1.54, 1.807) is 6.07 Å². The number of likely N-dealkylation sites (tertiary alicyclic amines) is 1. The van der Waals surface area contributed by atoms with Crippen LogP contribution in [0.3, 0.4) is 0 Å². The maximum absolute atomic E-state index is 11.9. The fraction of sp³-hybridized carbons (Fsp3) is 0.636. The van der Waals surface area contributed by atoms with Crippen LogP contribution in [0.4, 0.5) is 0 Å². The van der Waals surface area contributed by atoms with E-state index in [1.165, 1.54) is 18.4 Å². The Balaban J connectivity index is 1.69. The molecule has 4 aliphatic rings. The molecule has 2 N–H and O–H groups in total. The molecule has 1 saturated carbocycles. The summed E-state index contributed by atoms with van der Waals surface area (Å²) in [6.45, 7) is 10.4. The van der Waals surface area contributed by atoms with Gasteiger partial charge in [-0.3, -0.25) is 4.90 Å². The van der Waals surface area contributed by atoms with E-state index < -0.39 is 11.0 Å². The lowest BCUT2D eigenvalue weighted by atomic mass is 9.52. The summed E-state index contributed by atoms with van der Waals surface area (Å²) in [6, 6.07) is 3.88. The summed E-state index contributed by atoms with van der Waals surface area (Å²) >= 11 is 0. The molecule has 2 heterocycles. The van der Waals surface area contributed by atoms with Crippen LogP contribution in [0.2, 0.25) is 0 Å². The topological polar surface area (TPSA) is 52.9 Å². The van der Waals surface area contributed by atoms with Crippen LogP contribution < -0.4 is 4.74 Å². The Morgan fingerprint density at radius 1 is 1.38 bits per heavy atom. The van der Waals surface area contributed by atoms with Crippen molar-refractivity contribution in [2.45, 2.75) is 69.1 Å². The monoisotopic (exact) mass is 355 g/mol. The molecular formula is C22H29NO3. The van der Waals surface area contributed by atoms with E-state index in [4.69, 9.17) is 4.74 Å². The number of nitrogens with zero attached hydrogens (tertiary/aromatic N) is 1. The molecule has 5 rings (SSSR count). The van der Waals surface area contributed by atoms with E-state index in [0.29, 0.717) is 5.75 Å². The molecule has 1 aromatic carbocycles. The lowest BCUT2D eigenvalue weighted by Gasteiger charge is -2.60. The number of piperidine rings is 1. The van der Waals surface area contributed by atoms with Gasteiger partial charge in [0.05, 0.1) is 11.0 Å². The van der Waals surface area contributed by atoms with Crippen LogP contribution in [0.15, 0.2) is 24.3 Å². The fourth-order valence-corrected chi connectivity index (χ4v) is 5.90. The highest BCUT2D eigenvalue weighted by molar-refractivity contribution is 5.62. The van der Waals surface area contributed by atoms with Crippen LogP contribution in [0, 0.1) is 5.92 Å². The second-order valence-corrected chi connectivity index (χ2v) is 8.98. The third kappa shape index (κ3) is 1.92. The number of ether oxygens (including phenoxy) is 1. The Hall–Kier alpha value is -1.52. The van der Waals surface area contributed by atoms with Crippen molar-refractivity contribution in [3.63, 3.8) is 0 Å². The maximum Gasteiger partial charge on any atom is 0.166 e. The molecule has 140 valence electrons. The Morgan fingerprint density at radius 3 is 2.85 bits per heavy atom. The molecule has 2 fully saturated rings. The van der Waals surface area contributed by atoms with Gasteiger partial charge in [0, 0.05) is 18.2 Å². The first-order chi connectivity index (χ1) is 12.4. The second-order valence-electron chi connectivity index (χ2n) is 8.98. The average molecular weight is 355 g/mol. The summed E-state index contributed by atoms with van der Waals surface area (Å²) in [7, 11) is 0. The molecule has 1 aromatic rings. The first-order valence-corrected chi connectivity index (χ1v) is 10.1. The van der Waals surface area contributed by atoms with Crippen molar-refractivity contribution in [3.05, 3.63) is 35.4 Å². The number of phenols is 1. The van der Waals surface area contributed by atoms with Gasteiger partial charge < -0.3 is 14.9 Å². The molecule has 4 heteroatoms. The van der Waals surface area contributed by atoms with E-state index in [1.807, 2.05) is 13.0 Å². The molecular weight excluding hydrogens is 326 g/mol. The van der Waals surface area contributed by atoms with Crippen molar-refractivity contribution in [1.29, 1.82) is 0 Å². The molecule has 0 amide bonds. The number of benzene rings is 1. The lowest BCUT2D eigenvalue weighted by Crippen LogP contribution is -2.73. The highest BCUT2D eigenvalue weighted by atomic mass is 16.5. The zero-order chi connectivity index (χ0) is 18.3. The summed E-state index contributed by atoms with van der Waals surface area (Å²) in [5.41, 5.74) is 1.86. The van der Waals surface area contributed by atoms with Crippen molar-refractivity contribution in [2.75, 3.05) is 13.1 Å². The predicted molar refractivity (Wildman–Crippen MR) is 101 cm³/mol. The minimum absolute atomic E-state index is 0.0931. The Kier molecular flexibility index (Phi) is 3.37. The van der Waals surface area contributed by atoms with Gasteiger partial charge in [-0.15, -0.1) is 0 Å². The van der Waals surface area contributed by atoms with E-state index in [0.717, 1.165) is 49.4 Å². The summed E-state index contributed by atoms with van der Waals surface area (Å²) < 4.78 is 6.33. The van der Waals surface area contributed by atoms with E-state index in [-0.39, 0.29) is 17.9 Å². The molecule has 4 unspecified atom stereocenters. The Morgan fingerprint density at radius 2 is 2.15 bits per heavy atom. The van der Waals surface area contributed by atoms with Crippen LogP contribution >= 0.6 is 0 Å². The Bertz CT molecular complexity index is 782. The molecule has 1 saturated heterocycles. The van der Waals surface area contributed by atoms with Crippen molar-refractivity contribution in [1.82, 2.24) is 4.90 Å². The summed E-state index contributed by atoms with van der Waals surface area (Å²) in [5.74, 6) is 1.57. The number of phenolic OH excluding ortho intramolecular Hbond substituents is 1. The fourth-order valence-electron chi connectivity index (χ4n) is 5.90. The standard InChI is InChI=1S/C22H29NO3/c1-4-13(2)20-22-9-10-23(12-14-5-6-14)17(21(22,3)25)11-15-7-8-16(24)19(26-20)18(15)22/h7-8,14,17,20,24-25H,2,4-6,9-12H2,1,3H3. The summed E-state index contributed by atoms with van der Waals surface area (Å²) in [5, 5.41) is 22.4. The molecule has 0 aromatic heterocycles. The van der Waals surface area contributed by atoms with E-state index >= 15 is 0 Å². The first kappa shape index (κ1) is 16.6. The van der Waals surface area contributed by atoms with Gasteiger partial charge in [0.2, 0.25) is 0 Å². The minimum atomic E-state index is -0.908. The lowest BCUT2D eigenvalue weighted by molar-refractivity contribution is -0.149. The molecule has 2 aliphatic carbocycles. The van der Waals surface area contributed by atoms with Crippen LogP contribution in [-0.4, -0.2) is 45.9 Å². The SMILES string of the molecule is C=C(CC)C1Oc2c(O)ccc3c2C12CCN(CC1CC1)C(C3)C2(C)O. The van der Waals surface area contributed by atoms with Gasteiger partial charge in [0.1, 0.15) is 6.10 Å². The smallest absolute Gasteiger partial charge is 0.166 e. The van der Waals surface area contributed by atoms with Gasteiger partial charge in [-0.05, 0) is 68.7 Å².